The minimum absolute atomic E-state index is 0.0615. The second-order valence-corrected chi connectivity index (χ2v) is 9.63. The molecular formula is C20H23N3O5S. The van der Waals surface area contributed by atoms with Crippen molar-refractivity contribution in [3.8, 4) is 0 Å². The summed E-state index contributed by atoms with van der Waals surface area (Å²) in [5.74, 6) is -1.00. The number of carbonyl (C=O) groups is 4. The standard InChI is InChI=1S/C20H23N3O5S/c1-19(2)18(27)21-12-6-4-5-7-13(12)22(19)16(25)10-28-17(26)14-11-29-20(3)9-8-15(24)23(14)20/h4-7,14H,8-11H2,1-3H3,(H,21,27). The molecule has 1 aromatic carbocycles. The smallest absolute Gasteiger partial charge is 0.330 e. The maximum atomic E-state index is 13.0. The Morgan fingerprint density at radius 2 is 1.97 bits per heavy atom. The quantitative estimate of drug-likeness (QED) is 0.753. The number of carbonyl (C=O) groups excluding carboxylic acids is 4. The second-order valence-electron chi connectivity index (χ2n) is 8.13. The Bertz CT molecular complexity index is 917. The first-order valence-corrected chi connectivity index (χ1v) is 10.5. The number of nitrogens with one attached hydrogen (secondary N) is 1. The number of fused-ring (bicyclic) bond motifs is 2. The molecule has 29 heavy (non-hydrogen) atoms. The highest BCUT2D eigenvalue weighted by molar-refractivity contribution is 8.01. The fourth-order valence-corrected chi connectivity index (χ4v) is 5.60. The van der Waals surface area contributed by atoms with Crippen LogP contribution in [0.1, 0.15) is 33.6 Å². The van der Waals surface area contributed by atoms with Gasteiger partial charge in [0.15, 0.2) is 6.61 Å². The Hall–Kier alpha value is -2.55. The van der Waals surface area contributed by atoms with Gasteiger partial charge in [-0.1, -0.05) is 12.1 Å². The normalized spacial score (nSPS) is 27.3. The number of esters is 1. The van der Waals surface area contributed by atoms with E-state index in [1.807, 2.05) is 6.92 Å². The predicted molar refractivity (Wildman–Crippen MR) is 108 cm³/mol. The SMILES string of the molecule is CC12CCC(=O)N1C(C(=O)OCC(=O)N1c3ccccc3NC(=O)C1(C)C)CS2. The van der Waals surface area contributed by atoms with Gasteiger partial charge in [0.25, 0.3) is 5.91 Å². The van der Waals surface area contributed by atoms with Gasteiger partial charge < -0.3 is 15.0 Å². The number of anilines is 2. The summed E-state index contributed by atoms with van der Waals surface area (Å²) in [7, 11) is 0. The van der Waals surface area contributed by atoms with E-state index in [2.05, 4.69) is 5.32 Å². The minimum Gasteiger partial charge on any atom is -0.454 e. The van der Waals surface area contributed by atoms with E-state index in [4.69, 9.17) is 4.74 Å². The van der Waals surface area contributed by atoms with Crippen LogP contribution < -0.4 is 10.2 Å². The molecule has 2 fully saturated rings. The number of benzene rings is 1. The molecule has 0 aliphatic carbocycles. The number of para-hydroxylation sites is 2. The second kappa shape index (κ2) is 6.76. The van der Waals surface area contributed by atoms with E-state index < -0.39 is 30.1 Å². The average molecular weight is 417 g/mol. The molecular weight excluding hydrogens is 394 g/mol. The molecule has 154 valence electrons. The summed E-state index contributed by atoms with van der Waals surface area (Å²) in [4.78, 5) is 52.9. The van der Waals surface area contributed by atoms with Crippen LogP contribution in [0.5, 0.6) is 0 Å². The van der Waals surface area contributed by atoms with Crippen molar-refractivity contribution in [2.24, 2.45) is 0 Å². The topological polar surface area (TPSA) is 96.0 Å². The van der Waals surface area contributed by atoms with Crippen molar-refractivity contribution in [2.75, 3.05) is 22.6 Å². The highest BCUT2D eigenvalue weighted by Gasteiger charge is 2.53. The number of hydrogen-bond donors (Lipinski definition) is 1. The molecule has 2 atom stereocenters. The van der Waals surface area contributed by atoms with Gasteiger partial charge in [0.2, 0.25) is 11.8 Å². The summed E-state index contributed by atoms with van der Waals surface area (Å²) in [5.41, 5.74) is -0.0520. The van der Waals surface area contributed by atoms with Gasteiger partial charge in [0, 0.05) is 12.2 Å². The van der Waals surface area contributed by atoms with Crippen LogP contribution in [-0.4, -0.2) is 57.4 Å². The lowest BCUT2D eigenvalue weighted by atomic mass is 9.96. The van der Waals surface area contributed by atoms with Gasteiger partial charge in [-0.3, -0.25) is 19.3 Å². The van der Waals surface area contributed by atoms with Crippen LogP contribution in [0, 0.1) is 0 Å². The highest BCUT2D eigenvalue weighted by atomic mass is 32.2. The van der Waals surface area contributed by atoms with Crippen molar-refractivity contribution in [3.05, 3.63) is 24.3 Å². The molecule has 3 aliphatic rings. The van der Waals surface area contributed by atoms with Gasteiger partial charge in [0.05, 0.1) is 16.2 Å². The summed E-state index contributed by atoms with van der Waals surface area (Å²) in [6.45, 7) is 4.73. The van der Waals surface area contributed by atoms with E-state index in [1.54, 1.807) is 54.8 Å². The molecule has 2 unspecified atom stereocenters. The zero-order valence-corrected chi connectivity index (χ0v) is 17.4. The first kappa shape index (κ1) is 19.8. The molecule has 0 radical (unpaired) electrons. The largest absolute Gasteiger partial charge is 0.454 e. The summed E-state index contributed by atoms with van der Waals surface area (Å²) in [5, 5.41) is 2.79. The van der Waals surface area contributed by atoms with Gasteiger partial charge in [-0.25, -0.2) is 4.79 Å². The zero-order valence-electron chi connectivity index (χ0n) is 16.6. The van der Waals surface area contributed by atoms with Crippen LogP contribution in [-0.2, 0) is 23.9 Å². The zero-order chi connectivity index (χ0) is 21.0. The van der Waals surface area contributed by atoms with Crippen molar-refractivity contribution in [1.29, 1.82) is 0 Å². The van der Waals surface area contributed by atoms with Crippen LogP contribution in [0.2, 0.25) is 0 Å². The Morgan fingerprint density at radius 3 is 2.72 bits per heavy atom. The van der Waals surface area contributed by atoms with E-state index in [1.165, 1.54) is 4.90 Å². The molecule has 1 aromatic rings. The van der Waals surface area contributed by atoms with E-state index in [0.717, 1.165) is 0 Å². The Labute approximate surface area is 172 Å². The summed E-state index contributed by atoms with van der Waals surface area (Å²) < 4.78 is 5.32. The van der Waals surface area contributed by atoms with Crippen molar-refractivity contribution in [3.63, 3.8) is 0 Å². The molecule has 2 saturated heterocycles. The Balaban J connectivity index is 1.49. The lowest BCUT2D eigenvalue weighted by Gasteiger charge is -2.41. The monoisotopic (exact) mass is 417 g/mol. The van der Waals surface area contributed by atoms with E-state index >= 15 is 0 Å². The summed E-state index contributed by atoms with van der Waals surface area (Å²) in [6.07, 6.45) is 1.12. The van der Waals surface area contributed by atoms with Gasteiger partial charge in [-0.05, 0) is 39.3 Å². The van der Waals surface area contributed by atoms with E-state index in [9.17, 15) is 19.2 Å². The molecule has 4 rings (SSSR count). The fourth-order valence-electron chi connectivity index (χ4n) is 4.19. The lowest BCUT2D eigenvalue weighted by molar-refractivity contribution is -0.156. The van der Waals surface area contributed by atoms with Crippen molar-refractivity contribution in [2.45, 2.75) is 50.1 Å². The number of thioether (sulfide) groups is 1. The molecule has 9 heteroatoms. The van der Waals surface area contributed by atoms with E-state index in [0.29, 0.717) is 30.0 Å². The molecule has 3 aliphatic heterocycles. The Morgan fingerprint density at radius 1 is 1.24 bits per heavy atom. The first-order valence-electron chi connectivity index (χ1n) is 9.51. The number of hydrogen-bond acceptors (Lipinski definition) is 6. The van der Waals surface area contributed by atoms with Crippen molar-refractivity contribution >= 4 is 46.8 Å². The van der Waals surface area contributed by atoms with Gasteiger partial charge in [0.1, 0.15) is 11.6 Å². The minimum atomic E-state index is -1.13. The van der Waals surface area contributed by atoms with Gasteiger partial charge >= 0.3 is 5.97 Å². The van der Waals surface area contributed by atoms with Crippen molar-refractivity contribution in [1.82, 2.24) is 4.90 Å². The number of ether oxygens (including phenoxy) is 1. The molecule has 3 amide bonds. The molecule has 0 saturated carbocycles. The number of amides is 3. The van der Waals surface area contributed by atoms with Crippen LogP contribution in [0.15, 0.2) is 24.3 Å². The molecule has 1 N–H and O–H groups in total. The van der Waals surface area contributed by atoms with E-state index in [-0.39, 0.29) is 16.7 Å². The lowest BCUT2D eigenvalue weighted by Crippen LogP contribution is -2.59. The maximum absolute atomic E-state index is 13.0. The third-order valence-electron chi connectivity index (χ3n) is 5.81. The van der Waals surface area contributed by atoms with Crippen LogP contribution in [0.4, 0.5) is 11.4 Å². The summed E-state index contributed by atoms with van der Waals surface area (Å²) in [6, 6.07) is 6.30. The van der Waals surface area contributed by atoms with Gasteiger partial charge in [-0.15, -0.1) is 11.8 Å². The molecule has 8 nitrogen and oxygen atoms in total. The van der Waals surface area contributed by atoms with Gasteiger partial charge in [-0.2, -0.15) is 0 Å². The third kappa shape index (κ3) is 3.08. The molecule has 3 heterocycles. The van der Waals surface area contributed by atoms with Crippen LogP contribution in [0.3, 0.4) is 0 Å². The third-order valence-corrected chi connectivity index (χ3v) is 7.32. The molecule has 0 spiro atoms. The fraction of sp³-hybridized carbons (Fsp3) is 0.500. The number of nitrogens with zero attached hydrogens (tertiary/aromatic N) is 2. The summed E-state index contributed by atoms with van der Waals surface area (Å²) >= 11 is 1.56. The predicted octanol–water partition coefficient (Wildman–Crippen LogP) is 1.75. The Kier molecular flexibility index (Phi) is 4.60. The maximum Gasteiger partial charge on any atom is 0.330 e. The average Bonchev–Trinajstić information content (AvgIpc) is 3.16. The highest BCUT2D eigenvalue weighted by Crippen LogP contribution is 2.47. The molecule has 0 aromatic heterocycles. The van der Waals surface area contributed by atoms with Crippen LogP contribution >= 0.6 is 11.8 Å². The first-order chi connectivity index (χ1) is 13.6. The number of rotatable bonds is 3. The van der Waals surface area contributed by atoms with Crippen molar-refractivity contribution < 1.29 is 23.9 Å². The van der Waals surface area contributed by atoms with Crippen LogP contribution in [0.25, 0.3) is 0 Å². The molecule has 0 bridgehead atoms.